The molecule has 130 valence electrons. The van der Waals surface area contributed by atoms with E-state index in [0.717, 1.165) is 25.7 Å². The van der Waals surface area contributed by atoms with Crippen LogP contribution in [0.25, 0.3) is 0 Å². The van der Waals surface area contributed by atoms with E-state index in [1.807, 2.05) is 0 Å². The third-order valence-corrected chi connectivity index (χ3v) is 4.53. The molecule has 1 saturated carbocycles. The predicted octanol–water partition coefficient (Wildman–Crippen LogP) is 2.18. The van der Waals surface area contributed by atoms with Crippen LogP contribution in [-0.2, 0) is 9.47 Å². The first-order valence-corrected chi connectivity index (χ1v) is 8.14. The van der Waals surface area contributed by atoms with Crippen LogP contribution in [0.4, 0.5) is 11.4 Å². The topological polar surface area (TPSA) is 117 Å². The van der Waals surface area contributed by atoms with Crippen LogP contribution < -0.4 is 11.1 Å². The lowest BCUT2D eigenvalue weighted by Gasteiger charge is -2.31. The Bertz CT molecular complexity index is 643. The highest BCUT2D eigenvalue weighted by Gasteiger charge is 2.42. The van der Waals surface area contributed by atoms with Gasteiger partial charge in [0.05, 0.1) is 11.5 Å². The van der Waals surface area contributed by atoms with Crippen LogP contribution >= 0.6 is 0 Å². The molecule has 24 heavy (non-hydrogen) atoms. The summed E-state index contributed by atoms with van der Waals surface area (Å²) in [5, 5.41) is 14.3. The molecule has 1 atom stereocenters. The van der Waals surface area contributed by atoms with Crippen molar-refractivity contribution in [2.45, 2.75) is 44.0 Å². The standard InChI is InChI=1S/C16H21N3O5/c17-15(20)12-5-4-6-13(14(12)19(21)22)18-9-11-10-23-16(24-11)7-2-1-3-8-16/h4-6,11,18H,1-3,7-10H2,(H2,17,20)/t11-/m1/s1. The first-order valence-electron chi connectivity index (χ1n) is 8.14. The van der Waals surface area contributed by atoms with Gasteiger partial charge in [-0.25, -0.2) is 0 Å². The van der Waals surface area contributed by atoms with Crippen LogP contribution in [-0.4, -0.2) is 35.9 Å². The lowest BCUT2D eigenvalue weighted by atomic mass is 9.94. The maximum atomic E-state index is 11.4. The molecule has 2 aliphatic rings. The van der Waals surface area contributed by atoms with Gasteiger partial charge in [-0.1, -0.05) is 12.5 Å². The Kier molecular flexibility index (Phi) is 4.68. The van der Waals surface area contributed by atoms with E-state index in [-0.39, 0.29) is 23.0 Å². The second-order valence-corrected chi connectivity index (χ2v) is 6.23. The van der Waals surface area contributed by atoms with E-state index in [1.54, 1.807) is 12.1 Å². The average molecular weight is 335 g/mol. The Balaban J connectivity index is 1.68. The fourth-order valence-corrected chi connectivity index (χ4v) is 3.38. The van der Waals surface area contributed by atoms with Crippen molar-refractivity contribution in [2.24, 2.45) is 5.73 Å². The number of anilines is 1. The Hall–Kier alpha value is -2.19. The lowest BCUT2D eigenvalue weighted by molar-refractivity contribution is -0.384. The number of rotatable bonds is 5. The number of nitro groups is 1. The van der Waals surface area contributed by atoms with Crippen LogP contribution in [0.2, 0.25) is 0 Å². The van der Waals surface area contributed by atoms with Gasteiger partial charge in [-0.05, 0) is 25.0 Å². The molecule has 8 nitrogen and oxygen atoms in total. The van der Waals surface area contributed by atoms with E-state index in [9.17, 15) is 14.9 Å². The van der Waals surface area contributed by atoms with Crippen molar-refractivity contribution < 1.29 is 19.2 Å². The van der Waals surface area contributed by atoms with Crippen molar-refractivity contribution in [1.29, 1.82) is 0 Å². The largest absolute Gasteiger partial charge is 0.377 e. The number of primary amides is 1. The molecule has 0 aromatic heterocycles. The normalized spacial score (nSPS) is 22.4. The minimum Gasteiger partial charge on any atom is -0.377 e. The second kappa shape index (κ2) is 6.74. The number of amides is 1. The van der Waals surface area contributed by atoms with Gasteiger partial charge in [0.1, 0.15) is 17.4 Å². The summed E-state index contributed by atoms with van der Waals surface area (Å²) in [4.78, 5) is 22.1. The van der Waals surface area contributed by atoms with E-state index in [4.69, 9.17) is 15.2 Å². The molecule has 1 saturated heterocycles. The second-order valence-electron chi connectivity index (χ2n) is 6.23. The third kappa shape index (κ3) is 3.34. The van der Waals surface area contributed by atoms with Gasteiger partial charge < -0.3 is 20.5 Å². The highest BCUT2D eigenvalue weighted by Crippen LogP contribution is 2.38. The molecule has 2 fully saturated rings. The van der Waals surface area contributed by atoms with Gasteiger partial charge in [-0.15, -0.1) is 0 Å². The van der Waals surface area contributed by atoms with Crippen molar-refractivity contribution in [2.75, 3.05) is 18.5 Å². The number of para-hydroxylation sites is 1. The molecular formula is C16H21N3O5. The SMILES string of the molecule is NC(=O)c1cccc(NC[C@@H]2COC3(CCCCC3)O2)c1[N+](=O)[O-]. The van der Waals surface area contributed by atoms with E-state index in [1.165, 1.54) is 12.5 Å². The molecule has 1 heterocycles. The number of nitro benzene ring substituents is 1. The summed E-state index contributed by atoms with van der Waals surface area (Å²) in [6.07, 6.45) is 4.98. The first kappa shape index (κ1) is 16.7. The molecule has 1 aliphatic heterocycles. The monoisotopic (exact) mass is 335 g/mol. The number of nitrogens with two attached hydrogens (primary N) is 1. The fraction of sp³-hybridized carbons (Fsp3) is 0.562. The minimum absolute atomic E-state index is 0.114. The molecule has 0 unspecified atom stereocenters. The number of carbonyl (C=O) groups is 1. The van der Waals surface area contributed by atoms with Gasteiger partial charge in [-0.3, -0.25) is 14.9 Å². The van der Waals surface area contributed by atoms with Crippen molar-refractivity contribution >= 4 is 17.3 Å². The van der Waals surface area contributed by atoms with Crippen LogP contribution in [0.5, 0.6) is 0 Å². The zero-order chi connectivity index (χ0) is 17.2. The van der Waals surface area contributed by atoms with E-state index >= 15 is 0 Å². The third-order valence-electron chi connectivity index (χ3n) is 4.53. The summed E-state index contributed by atoms with van der Waals surface area (Å²) in [6, 6.07) is 4.46. The van der Waals surface area contributed by atoms with E-state index in [2.05, 4.69) is 5.32 Å². The molecule has 0 bridgehead atoms. The molecule has 1 aromatic rings. The number of carbonyl (C=O) groups excluding carboxylic acids is 1. The highest BCUT2D eigenvalue weighted by molar-refractivity contribution is 5.99. The fourth-order valence-electron chi connectivity index (χ4n) is 3.38. The van der Waals surface area contributed by atoms with Crippen molar-refractivity contribution in [1.82, 2.24) is 0 Å². The van der Waals surface area contributed by atoms with Gasteiger partial charge in [0.15, 0.2) is 5.79 Å². The van der Waals surface area contributed by atoms with Gasteiger partial charge in [0.2, 0.25) is 0 Å². The number of hydrogen-bond donors (Lipinski definition) is 2. The Morgan fingerprint density at radius 3 is 2.79 bits per heavy atom. The summed E-state index contributed by atoms with van der Waals surface area (Å²) in [5.74, 6) is -1.31. The van der Waals surface area contributed by atoms with Crippen molar-refractivity contribution in [3.05, 3.63) is 33.9 Å². The van der Waals surface area contributed by atoms with Gasteiger partial charge in [0, 0.05) is 19.4 Å². The molecule has 8 heteroatoms. The molecule has 0 radical (unpaired) electrons. The smallest absolute Gasteiger partial charge is 0.305 e. The zero-order valence-electron chi connectivity index (χ0n) is 13.3. The molecule has 3 rings (SSSR count). The van der Waals surface area contributed by atoms with Gasteiger partial charge >= 0.3 is 5.69 Å². The summed E-state index contributed by atoms with van der Waals surface area (Å²) in [7, 11) is 0. The molecule has 1 aliphatic carbocycles. The van der Waals surface area contributed by atoms with Gasteiger partial charge in [0.25, 0.3) is 5.91 Å². The zero-order valence-corrected chi connectivity index (χ0v) is 13.3. The van der Waals surface area contributed by atoms with Crippen molar-refractivity contribution in [3.8, 4) is 0 Å². The summed E-state index contributed by atoms with van der Waals surface area (Å²) < 4.78 is 11.9. The average Bonchev–Trinajstić information content (AvgIpc) is 2.95. The quantitative estimate of drug-likeness (QED) is 0.629. The Labute approximate surface area is 139 Å². The predicted molar refractivity (Wildman–Crippen MR) is 86.7 cm³/mol. The van der Waals surface area contributed by atoms with Crippen LogP contribution in [0.1, 0.15) is 42.5 Å². The van der Waals surface area contributed by atoms with Crippen LogP contribution in [0.15, 0.2) is 18.2 Å². The number of nitrogens with one attached hydrogen (secondary N) is 1. The summed E-state index contributed by atoms with van der Waals surface area (Å²) >= 11 is 0. The Morgan fingerprint density at radius 2 is 2.12 bits per heavy atom. The van der Waals surface area contributed by atoms with Crippen LogP contribution in [0.3, 0.4) is 0 Å². The number of benzene rings is 1. The van der Waals surface area contributed by atoms with Crippen molar-refractivity contribution in [3.63, 3.8) is 0 Å². The number of ether oxygens (including phenoxy) is 2. The maximum absolute atomic E-state index is 11.4. The van der Waals surface area contributed by atoms with Crippen LogP contribution in [0, 0.1) is 10.1 Å². The number of hydrogen-bond acceptors (Lipinski definition) is 6. The molecular weight excluding hydrogens is 314 g/mol. The lowest BCUT2D eigenvalue weighted by Crippen LogP contribution is -2.34. The van der Waals surface area contributed by atoms with Gasteiger partial charge in [-0.2, -0.15) is 0 Å². The molecule has 1 spiro atoms. The highest BCUT2D eigenvalue weighted by atomic mass is 16.7. The summed E-state index contributed by atoms with van der Waals surface area (Å²) in [5.41, 5.74) is 5.05. The summed E-state index contributed by atoms with van der Waals surface area (Å²) in [6.45, 7) is 0.821. The van der Waals surface area contributed by atoms with E-state index in [0.29, 0.717) is 13.2 Å². The maximum Gasteiger partial charge on any atom is 0.305 e. The molecule has 1 aromatic carbocycles. The minimum atomic E-state index is -0.827. The first-order chi connectivity index (χ1) is 11.5. The molecule has 3 N–H and O–H groups in total. The number of nitrogens with zero attached hydrogens (tertiary/aromatic N) is 1. The Morgan fingerprint density at radius 1 is 1.38 bits per heavy atom. The molecule has 1 amide bonds. The van der Waals surface area contributed by atoms with E-state index < -0.39 is 16.6 Å².